The van der Waals surface area contributed by atoms with Gasteiger partial charge in [-0.25, -0.2) is 22.7 Å². The number of nitrogens with one attached hydrogen (secondary N) is 2. The lowest BCUT2D eigenvalue weighted by molar-refractivity contribution is 0.0682. The number of aromatic nitrogens is 3. The van der Waals surface area contributed by atoms with Crippen LogP contribution in [0.1, 0.15) is 10.5 Å². The molecule has 2 amide bonds. The van der Waals surface area contributed by atoms with Gasteiger partial charge in [0, 0.05) is 13.2 Å². The first kappa shape index (κ1) is 19.0. The summed E-state index contributed by atoms with van der Waals surface area (Å²) in [5.41, 5.74) is -0.496. The van der Waals surface area contributed by atoms with Crippen molar-refractivity contribution in [3.8, 4) is 11.8 Å². The van der Waals surface area contributed by atoms with Crippen LogP contribution in [0.4, 0.5) is 10.7 Å². The van der Waals surface area contributed by atoms with Gasteiger partial charge in [-0.3, -0.25) is 5.32 Å². The van der Waals surface area contributed by atoms with Gasteiger partial charge in [0.2, 0.25) is 17.7 Å². The zero-order valence-electron chi connectivity index (χ0n) is 13.9. The summed E-state index contributed by atoms with van der Waals surface area (Å²) < 4.78 is 37.2. The third-order valence-electron chi connectivity index (χ3n) is 3.08. The summed E-state index contributed by atoms with van der Waals surface area (Å²) >= 11 is 0. The highest BCUT2D eigenvalue weighted by atomic mass is 32.2. The van der Waals surface area contributed by atoms with Gasteiger partial charge >= 0.3 is 12.0 Å². The molecular weight excluding hydrogens is 370 g/mol. The van der Waals surface area contributed by atoms with E-state index < -0.39 is 32.6 Å². The van der Waals surface area contributed by atoms with Crippen LogP contribution in [0.5, 0.6) is 11.8 Å². The highest BCUT2D eigenvalue weighted by Crippen LogP contribution is 2.18. The molecule has 0 spiro atoms. The summed E-state index contributed by atoms with van der Waals surface area (Å²) in [5, 5.41) is 11.2. The van der Waals surface area contributed by atoms with Crippen molar-refractivity contribution in [2.45, 2.75) is 4.90 Å². The molecule has 2 aromatic rings. The molecule has 0 bridgehead atoms. The number of carboxylic acids is 1. The highest BCUT2D eigenvalue weighted by molar-refractivity contribution is 7.90. The molecule has 2 aromatic heterocycles. The SMILES string of the molecule is COc1cc(OC)nc(NC(=O)NS(=O)(=O)c2ccn(C)c2C(=O)O)n1. The van der Waals surface area contributed by atoms with Gasteiger partial charge in [0.25, 0.3) is 10.0 Å². The summed E-state index contributed by atoms with van der Waals surface area (Å²) in [6.45, 7) is 0. The molecule has 140 valence electrons. The van der Waals surface area contributed by atoms with Gasteiger partial charge in [0.05, 0.1) is 20.3 Å². The fourth-order valence-electron chi connectivity index (χ4n) is 1.95. The zero-order valence-corrected chi connectivity index (χ0v) is 14.7. The molecule has 0 radical (unpaired) electrons. The Balaban J connectivity index is 2.23. The maximum Gasteiger partial charge on any atom is 0.353 e. The second-order valence-electron chi connectivity index (χ2n) is 4.78. The van der Waals surface area contributed by atoms with Crippen LogP contribution in [0, 0.1) is 0 Å². The number of aryl methyl sites for hydroxylation is 1. The molecule has 0 aromatic carbocycles. The number of carbonyl (C=O) groups excluding carboxylic acids is 1. The van der Waals surface area contributed by atoms with Gasteiger partial charge in [-0.2, -0.15) is 9.97 Å². The lowest BCUT2D eigenvalue weighted by Crippen LogP contribution is -2.35. The molecule has 0 fully saturated rings. The van der Waals surface area contributed by atoms with E-state index >= 15 is 0 Å². The minimum Gasteiger partial charge on any atom is -0.481 e. The van der Waals surface area contributed by atoms with Crippen molar-refractivity contribution in [1.29, 1.82) is 0 Å². The normalized spacial score (nSPS) is 10.9. The van der Waals surface area contributed by atoms with Gasteiger partial charge in [-0.15, -0.1) is 0 Å². The number of urea groups is 1. The Morgan fingerprint density at radius 1 is 1.19 bits per heavy atom. The fourth-order valence-corrected chi connectivity index (χ4v) is 3.08. The van der Waals surface area contributed by atoms with Crippen LogP contribution in [0.15, 0.2) is 23.2 Å². The number of ether oxygens (including phenoxy) is 2. The molecule has 12 nitrogen and oxygen atoms in total. The number of hydrogen-bond donors (Lipinski definition) is 3. The van der Waals surface area contributed by atoms with E-state index in [4.69, 9.17) is 14.6 Å². The summed E-state index contributed by atoms with van der Waals surface area (Å²) in [5.74, 6) is -1.59. The number of carbonyl (C=O) groups is 2. The van der Waals surface area contributed by atoms with E-state index in [-0.39, 0.29) is 17.7 Å². The second kappa shape index (κ2) is 7.26. The summed E-state index contributed by atoms with van der Waals surface area (Å²) in [6, 6.07) is 1.22. The van der Waals surface area contributed by atoms with Gasteiger partial charge in [-0.1, -0.05) is 0 Å². The van der Waals surface area contributed by atoms with Crippen LogP contribution < -0.4 is 19.5 Å². The van der Waals surface area contributed by atoms with Crippen LogP contribution >= 0.6 is 0 Å². The average molecular weight is 385 g/mol. The molecule has 3 N–H and O–H groups in total. The minimum atomic E-state index is -4.45. The lowest BCUT2D eigenvalue weighted by atomic mass is 10.4. The van der Waals surface area contributed by atoms with E-state index in [1.807, 2.05) is 0 Å². The van der Waals surface area contributed by atoms with Crippen LogP contribution in [-0.4, -0.2) is 54.3 Å². The van der Waals surface area contributed by atoms with Crippen LogP contribution in [0.3, 0.4) is 0 Å². The molecule has 0 atom stereocenters. The highest BCUT2D eigenvalue weighted by Gasteiger charge is 2.27. The zero-order chi connectivity index (χ0) is 19.5. The predicted molar refractivity (Wildman–Crippen MR) is 86.8 cm³/mol. The first-order chi connectivity index (χ1) is 12.2. The number of nitrogens with zero attached hydrogens (tertiary/aromatic N) is 3. The summed E-state index contributed by atoms with van der Waals surface area (Å²) in [6.07, 6.45) is 1.24. The summed E-state index contributed by atoms with van der Waals surface area (Å²) in [7, 11) is -0.423. The molecule has 0 aliphatic rings. The molecule has 2 rings (SSSR count). The van der Waals surface area contributed by atoms with Crippen molar-refractivity contribution < 1.29 is 32.6 Å². The number of anilines is 1. The van der Waals surface area contributed by atoms with Gasteiger partial charge in [0.15, 0.2) is 0 Å². The minimum absolute atomic E-state index is 0.0752. The number of hydrogen-bond acceptors (Lipinski definition) is 8. The number of aromatic carboxylic acids is 1. The Morgan fingerprint density at radius 3 is 2.27 bits per heavy atom. The number of carboxylic acid groups (broad SMARTS) is 1. The van der Waals surface area contributed by atoms with E-state index in [1.54, 1.807) is 4.72 Å². The van der Waals surface area contributed by atoms with E-state index in [0.29, 0.717) is 0 Å². The Labute approximate surface area is 147 Å². The fraction of sp³-hybridized carbons (Fsp3) is 0.231. The molecule has 0 unspecified atom stereocenters. The molecule has 26 heavy (non-hydrogen) atoms. The number of amides is 2. The maximum atomic E-state index is 12.3. The smallest absolute Gasteiger partial charge is 0.353 e. The third kappa shape index (κ3) is 4.00. The first-order valence-corrected chi connectivity index (χ1v) is 8.35. The van der Waals surface area contributed by atoms with Crippen LogP contribution in [-0.2, 0) is 17.1 Å². The monoisotopic (exact) mass is 385 g/mol. The van der Waals surface area contributed by atoms with E-state index in [9.17, 15) is 18.0 Å². The summed E-state index contributed by atoms with van der Waals surface area (Å²) in [4.78, 5) is 30.2. The number of sulfonamides is 1. The third-order valence-corrected chi connectivity index (χ3v) is 4.44. The molecular formula is C13H15N5O7S. The van der Waals surface area contributed by atoms with Crippen molar-refractivity contribution >= 4 is 28.0 Å². The van der Waals surface area contributed by atoms with Gasteiger partial charge in [-0.05, 0) is 6.07 Å². The first-order valence-electron chi connectivity index (χ1n) is 6.87. The predicted octanol–water partition coefficient (Wildman–Crippen LogP) is 0.0409. The van der Waals surface area contributed by atoms with Crippen molar-refractivity contribution in [3.63, 3.8) is 0 Å². The number of methoxy groups -OCH3 is 2. The Hall–Kier alpha value is -3.35. The largest absolute Gasteiger partial charge is 0.481 e. The van der Waals surface area contributed by atoms with E-state index in [0.717, 1.165) is 10.6 Å². The Bertz CT molecular complexity index is 932. The number of rotatable bonds is 6. The van der Waals surface area contributed by atoms with Crippen LogP contribution in [0.25, 0.3) is 0 Å². The van der Waals surface area contributed by atoms with Gasteiger partial charge in [0.1, 0.15) is 10.6 Å². The molecule has 0 saturated carbocycles. The Morgan fingerprint density at radius 2 is 1.77 bits per heavy atom. The molecule has 0 saturated heterocycles. The Kier molecular flexibility index (Phi) is 5.30. The molecule has 13 heteroatoms. The quantitative estimate of drug-likeness (QED) is 0.623. The second-order valence-corrected chi connectivity index (χ2v) is 6.43. The maximum absolute atomic E-state index is 12.3. The molecule has 0 aliphatic carbocycles. The van der Waals surface area contributed by atoms with E-state index in [1.165, 1.54) is 33.5 Å². The van der Waals surface area contributed by atoms with Crippen molar-refractivity contribution in [1.82, 2.24) is 19.3 Å². The van der Waals surface area contributed by atoms with Crippen molar-refractivity contribution in [3.05, 3.63) is 24.0 Å². The van der Waals surface area contributed by atoms with Gasteiger partial charge < -0.3 is 19.1 Å². The standard InChI is InChI=1S/C13H15N5O7S/c1-18-5-4-7(10(18)11(19)20)26(22,23)17-13(21)16-12-14-8(24-2)6-9(15-12)25-3/h4-6H,1-3H3,(H,19,20)(H2,14,15,16,17,21). The molecule has 0 aliphatic heterocycles. The van der Waals surface area contributed by atoms with Crippen molar-refractivity contribution in [2.75, 3.05) is 19.5 Å². The lowest BCUT2D eigenvalue weighted by Gasteiger charge is -2.09. The van der Waals surface area contributed by atoms with Crippen LogP contribution in [0.2, 0.25) is 0 Å². The van der Waals surface area contributed by atoms with Crippen molar-refractivity contribution in [2.24, 2.45) is 7.05 Å². The average Bonchev–Trinajstić information content (AvgIpc) is 2.96. The topological polar surface area (TPSA) is 162 Å². The molecule has 2 heterocycles. The van der Waals surface area contributed by atoms with E-state index in [2.05, 4.69) is 15.3 Å².